The number of carbonyl (C=O) groups excluding carboxylic acids is 1. The van der Waals surface area contributed by atoms with E-state index in [-0.39, 0.29) is 5.91 Å². The SMILES string of the molecule is COc1cc(CNC(=O)c2c3c(nc4ccccc24)CCCC3)cc(OC)c1OC. The number of fused-ring (bicyclic) bond motifs is 2. The van der Waals surface area contributed by atoms with Gasteiger partial charge in [-0.05, 0) is 55.0 Å². The van der Waals surface area contributed by atoms with Gasteiger partial charge in [0.15, 0.2) is 11.5 Å². The van der Waals surface area contributed by atoms with Crippen molar-refractivity contribution in [3.63, 3.8) is 0 Å². The van der Waals surface area contributed by atoms with Crippen LogP contribution in [0, 0.1) is 0 Å². The van der Waals surface area contributed by atoms with Crippen molar-refractivity contribution < 1.29 is 19.0 Å². The van der Waals surface area contributed by atoms with Crippen LogP contribution in [0.4, 0.5) is 0 Å². The van der Waals surface area contributed by atoms with Crippen LogP contribution < -0.4 is 19.5 Å². The summed E-state index contributed by atoms with van der Waals surface area (Å²) in [5, 5.41) is 3.98. The van der Waals surface area contributed by atoms with Crippen molar-refractivity contribution in [2.24, 2.45) is 0 Å². The smallest absolute Gasteiger partial charge is 0.252 e. The number of rotatable bonds is 6. The minimum atomic E-state index is -0.0829. The topological polar surface area (TPSA) is 69.7 Å². The second-order valence-corrected chi connectivity index (χ2v) is 7.35. The molecule has 1 heterocycles. The number of benzene rings is 2. The van der Waals surface area contributed by atoms with Crippen molar-refractivity contribution >= 4 is 16.8 Å². The van der Waals surface area contributed by atoms with Crippen molar-refractivity contribution in [1.29, 1.82) is 0 Å². The number of hydrogen-bond donors (Lipinski definition) is 1. The zero-order valence-electron chi connectivity index (χ0n) is 17.6. The number of amides is 1. The Hall–Kier alpha value is -3.28. The number of nitrogens with one attached hydrogen (secondary N) is 1. The van der Waals surface area contributed by atoms with E-state index in [2.05, 4.69) is 5.32 Å². The standard InChI is InChI=1S/C24H26N2O4/c1-28-20-12-15(13-21(29-2)23(20)30-3)14-25-24(27)22-16-8-4-6-10-18(16)26-19-11-7-5-9-17(19)22/h4,6,8,10,12-13H,5,7,9,11,14H2,1-3H3,(H,25,27). The minimum Gasteiger partial charge on any atom is -0.493 e. The van der Waals surface area contributed by atoms with E-state index >= 15 is 0 Å². The second kappa shape index (κ2) is 8.61. The molecule has 0 radical (unpaired) electrons. The van der Waals surface area contributed by atoms with Crippen LogP contribution in [-0.4, -0.2) is 32.2 Å². The monoisotopic (exact) mass is 406 g/mol. The molecule has 0 saturated heterocycles. The van der Waals surface area contributed by atoms with Gasteiger partial charge in [0, 0.05) is 17.6 Å². The number of nitrogens with zero attached hydrogens (tertiary/aromatic N) is 1. The molecule has 4 rings (SSSR count). The number of aryl methyl sites for hydroxylation is 1. The highest BCUT2D eigenvalue weighted by atomic mass is 16.5. The summed E-state index contributed by atoms with van der Waals surface area (Å²) < 4.78 is 16.2. The van der Waals surface area contributed by atoms with Gasteiger partial charge in [0.05, 0.1) is 32.4 Å². The fourth-order valence-electron chi connectivity index (χ4n) is 4.14. The average molecular weight is 406 g/mol. The van der Waals surface area contributed by atoms with E-state index < -0.39 is 0 Å². The molecule has 0 saturated carbocycles. The Bertz CT molecular complexity index is 1070. The lowest BCUT2D eigenvalue weighted by Crippen LogP contribution is -2.26. The molecule has 1 aliphatic rings. The summed E-state index contributed by atoms with van der Waals surface area (Å²) >= 11 is 0. The van der Waals surface area contributed by atoms with E-state index in [1.165, 1.54) is 0 Å². The van der Waals surface area contributed by atoms with Crippen molar-refractivity contribution in [1.82, 2.24) is 10.3 Å². The van der Waals surface area contributed by atoms with Gasteiger partial charge >= 0.3 is 0 Å². The predicted octanol–water partition coefficient (Wildman–Crippen LogP) is 4.07. The molecule has 0 fully saturated rings. The molecule has 2 aromatic carbocycles. The van der Waals surface area contributed by atoms with Crippen molar-refractivity contribution in [3.8, 4) is 17.2 Å². The zero-order chi connectivity index (χ0) is 21.1. The summed E-state index contributed by atoms with van der Waals surface area (Å²) in [6.07, 6.45) is 4.01. The Morgan fingerprint density at radius 1 is 1.00 bits per heavy atom. The van der Waals surface area contributed by atoms with Gasteiger partial charge < -0.3 is 19.5 Å². The number of hydrogen-bond acceptors (Lipinski definition) is 5. The quantitative estimate of drug-likeness (QED) is 0.668. The fourth-order valence-corrected chi connectivity index (χ4v) is 4.14. The molecule has 3 aromatic rings. The zero-order valence-corrected chi connectivity index (χ0v) is 17.6. The summed E-state index contributed by atoms with van der Waals surface area (Å²) in [5.41, 5.74) is 4.63. The van der Waals surface area contributed by atoms with Crippen molar-refractivity contribution in [2.75, 3.05) is 21.3 Å². The largest absolute Gasteiger partial charge is 0.493 e. The molecule has 156 valence electrons. The van der Waals surface area contributed by atoms with Gasteiger partial charge in [-0.15, -0.1) is 0 Å². The lowest BCUT2D eigenvalue weighted by molar-refractivity contribution is 0.0951. The Kier molecular flexibility index (Phi) is 5.74. The van der Waals surface area contributed by atoms with Crippen molar-refractivity contribution in [2.45, 2.75) is 32.2 Å². The van der Waals surface area contributed by atoms with Crippen LogP contribution in [-0.2, 0) is 19.4 Å². The third-order valence-corrected chi connectivity index (χ3v) is 5.57. The molecule has 0 aliphatic heterocycles. The lowest BCUT2D eigenvalue weighted by atomic mass is 9.89. The number of pyridine rings is 1. The van der Waals surface area contributed by atoms with Crippen LogP contribution in [0.5, 0.6) is 17.2 Å². The van der Waals surface area contributed by atoms with Gasteiger partial charge in [-0.25, -0.2) is 0 Å². The van der Waals surface area contributed by atoms with Gasteiger partial charge in [0.1, 0.15) is 0 Å². The Labute approximate surface area is 176 Å². The second-order valence-electron chi connectivity index (χ2n) is 7.35. The molecule has 6 nitrogen and oxygen atoms in total. The molecular weight excluding hydrogens is 380 g/mol. The van der Waals surface area contributed by atoms with Crippen LogP contribution in [0.2, 0.25) is 0 Å². The molecule has 6 heteroatoms. The number of ether oxygens (including phenoxy) is 3. The third-order valence-electron chi connectivity index (χ3n) is 5.57. The maximum Gasteiger partial charge on any atom is 0.252 e. The van der Waals surface area contributed by atoms with Crippen LogP contribution in [0.3, 0.4) is 0 Å². The normalized spacial score (nSPS) is 12.9. The molecule has 1 N–H and O–H groups in total. The molecule has 1 aliphatic carbocycles. The Morgan fingerprint density at radius 2 is 1.70 bits per heavy atom. The average Bonchev–Trinajstić information content (AvgIpc) is 2.80. The first kappa shape index (κ1) is 20.0. The first-order chi connectivity index (χ1) is 14.7. The minimum absolute atomic E-state index is 0.0829. The van der Waals surface area contributed by atoms with E-state index in [1.807, 2.05) is 36.4 Å². The van der Waals surface area contributed by atoms with Gasteiger partial charge in [-0.2, -0.15) is 0 Å². The molecule has 0 unspecified atom stereocenters. The molecular formula is C24H26N2O4. The van der Waals surface area contributed by atoms with Crippen LogP contribution in [0.25, 0.3) is 10.9 Å². The van der Waals surface area contributed by atoms with E-state index in [9.17, 15) is 4.79 Å². The van der Waals surface area contributed by atoms with Crippen molar-refractivity contribution in [3.05, 3.63) is 58.8 Å². The number of aromatic nitrogens is 1. The Balaban J connectivity index is 1.66. The summed E-state index contributed by atoms with van der Waals surface area (Å²) in [6, 6.07) is 11.6. The number of para-hydroxylation sites is 1. The molecule has 0 spiro atoms. The molecule has 0 bridgehead atoms. The van der Waals surface area contributed by atoms with Gasteiger partial charge in [0.25, 0.3) is 5.91 Å². The van der Waals surface area contributed by atoms with E-state index in [1.54, 1.807) is 21.3 Å². The summed E-state index contributed by atoms with van der Waals surface area (Å²) in [5.74, 6) is 1.57. The molecule has 30 heavy (non-hydrogen) atoms. The first-order valence-corrected chi connectivity index (χ1v) is 10.1. The fraction of sp³-hybridized carbons (Fsp3) is 0.333. The molecule has 1 aromatic heterocycles. The van der Waals surface area contributed by atoms with Gasteiger partial charge in [-0.3, -0.25) is 9.78 Å². The summed E-state index contributed by atoms with van der Waals surface area (Å²) in [7, 11) is 4.73. The van der Waals surface area contributed by atoms with Crippen LogP contribution >= 0.6 is 0 Å². The van der Waals surface area contributed by atoms with Crippen LogP contribution in [0.15, 0.2) is 36.4 Å². The third kappa shape index (κ3) is 3.65. The summed E-state index contributed by atoms with van der Waals surface area (Å²) in [4.78, 5) is 18.1. The van der Waals surface area contributed by atoms with E-state index in [0.29, 0.717) is 23.8 Å². The highest BCUT2D eigenvalue weighted by molar-refractivity contribution is 6.07. The Morgan fingerprint density at radius 3 is 2.40 bits per heavy atom. The summed E-state index contributed by atoms with van der Waals surface area (Å²) in [6.45, 7) is 0.348. The maximum atomic E-state index is 13.3. The van der Waals surface area contributed by atoms with E-state index in [4.69, 9.17) is 19.2 Å². The highest BCUT2D eigenvalue weighted by Crippen LogP contribution is 2.38. The number of methoxy groups -OCH3 is 3. The van der Waals surface area contributed by atoms with Gasteiger partial charge in [-0.1, -0.05) is 18.2 Å². The molecule has 0 atom stereocenters. The lowest BCUT2D eigenvalue weighted by Gasteiger charge is -2.20. The highest BCUT2D eigenvalue weighted by Gasteiger charge is 2.22. The van der Waals surface area contributed by atoms with Gasteiger partial charge in [0.2, 0.25) is 5.75 Å². The molecule has 1 amide bonds. The maximum absolute atomic E-state index is 13.3. The van der Waals surface area contributed by atoms with E-state index in [0.717, 1.165) is 59.0 Å². The predicted molar refractivity (Wildman–Crippen MR) is 116 cm³/mol. The first-order valence-electron chi connectivity index (χ1n) is 10.1. The number of carbonyl (C=O) groups is 1. The van der Waals surface area contributed by atoms with Crippen LogP contribution in [0.1, 0.15) is 40.0 Å².